The van der Waals surface area contributed by atoms with Gasteiger partial charge in [0.05, 0.1) is 5.75 Å². The summed E-state index contributed by atoms with van der Waals surface area (Å²) in [5.41, 5.74) is 2.72. The van der Waals surface area contributed by atoms with Gasteiger partial charge in [-0.1, -0.05) is 49.9 Å². The number of rotatable bonds is 6. The summed E-state index contributed by atoms with van der Waals surface area (Å²) < 4.78 is 5.57. The lowest BCUT2D eigenvalue weighted by Gasteiger charge is -2.05. The molecule has 0 atom stereocenters. The zero-order chi connectivity index (χ0) is 16.9. The molecule has 0 saturated heterocycles. The summed E-state index contributed by atoms with van der Waals surface area (Å²) in [4.78, 5) is 16.2. The fraction of sp³-hybridized carbons (Fsp3) is 0.222. The van der Waals surface area contributed by atoms with Crippen LogP contribution in [-0.2, 0) is 0 Å². The molecule has 0 aliphatic heterocycles. The van der Waals surface area contributed by atoms with Crippen LogP contribution >= 0.6 is 11.8 Å². The maximum atomic E-state index is 12.3. The molecule has 3 aromatic rings. The molecule has 2 aromatic heterocycles. The number of Topliss-reactive ketones (excluding diaryl/α,β-unsaturated/α-hetero) is 1. The van der Waals surface area contributed by atoms with Crippen molar-refractivity contribution in [1.29, 1.82) is 0 Å². The number of ketones is 1. The van der Waals surface area contributed by atoms with Crippen LogP contribution in [0, 0.1) is 0 Å². The molecule has 0 aliphatic rings. The fourth-order valence-corrected chi connectivity index (χ4v) is 2.80. The second-order valence-corrected chi connectivity index (χ2v) is 6.52. The average Bonchev–Trinajstić information content (AvgIpc) is 3.09. The van der Waals surface area contributed by atoms with Crippen LogP contribution < -0.4 is 0 Å². The van der Waals surface area contributed by atoms with Crippen molar-refractivity contribution in [2.24, 2.45) is 0 Å². The van der Waals surface area contributed by atoms with Crippen molar-refractivity contribution in [3.63, 3.8) is 0 Å². The van der Waals surface area contributed by atoms with Crippen LogP contribution in [0.2, 0.25) is 0 Å². The van der Waals surface area contributed by atoms with Crippen molar-refractivity contribution < 1.29 is 9.21 Å². The lowest BCUT2D eigenvalue weighted by atomic mass is 10.0. The molecule has 0 bridgehead atoms. The highest BCUT2D eigenvalue weighted by atomic mass is 32.2. The van der Waals surface area contributed by atoms with E-state index in [1.807, 2.05) is 24.3 Å². The van der Waals surface area contributed by atoms with Gasteiger partial charge in [0.25, 0.3) is 5.22 Å². The minimum atomic E-state index is 0.0407. The Morgan fingerprint density at radius 1 is 1.08 bits per heavy atom. The third kappa shape index (κ3) is 3.89. The molecular formula is C18H17N3O2S. The van der Waals surface area contributed by atoms with Gasteiger partial charge < -0.3 is 4.42 Å². The molecule has 0 fully saturated rings. The first kappa shape index (κ1) is 16.4. The number of benzene rings is 1. The lowest BCUT2D eigenvalue weighted by molar-refractivity contribution is 0.102. The smallest absolute Gasteiger partial charge is 0.277 e. The maximum Gasteiger partial charge on any atom is 0.277 e. The number of thioether (sulfide) groups is 1. The average molecular weight is 339 g/mol. The van der Waals surface area contributed by atoms with Gasteiger partial charge in [-0.3, -0.25) is 9.78 Å². The van der Waals surface area contributed by atoms with Crippen LogP contribution in [0.3, 0.4) is 0 Å². The Balaban J connectivity index is 1.61. The minimum Gasteiger partial charge on any atom is -0.411 e. The van der Waals surface area contributed by atoms with Gasteiger partial charge in [0.15, 0.2) is 5.78 Å². The summed E-state index contributed by atoms with van der Waals surface area (Å²) >= 11 is 1.24. The van der Waals surface area contributed by atoms with E-state index in [0.717, 1.165) is 5.56 Å². The Morgan fingerprint density at radius 3 is 2.46 bits per heavy atom. The number of nitrogens with zero attached hydrogens (tertiary/aromatic N) is 3. The summed E-state index contributed by atoms with van der Waals surface area (Å²) in [6.45, 7) is 4.26. The second-order valence-electron chi connectivity index (χ2n) is 5.60. The molecule has 0 N–H and O–H groups in total. The molecule has 122 valence electrons. The summed E-state index contributed by atoms with van der Waals surface area (Å²) in [6, 6.07) is 11.3. The SMILES string of the molecule is CC(C)c1ccc(C(=O)CSc2nnc(-c3ccncc3)o2)cc1. The molecule has 0 saturated carbocycles. The minimum absolute atomic E-state index is 0.0407. The van der Waals surface area contributed by atoms with E-state index in [1.165, 1.54) is 17.3 Å². The zero-order valence-electron chi connectivity index (χ0n) is 13.5. The van der Waals surface area contributed by atoms with E-state index in [-0.39, 0.29) is 11.5 Å². The lowest BCUT2D eigenvalue weighted by Crippen LogP contribution is -2.02. The third-order valence-corrected chi connectivity index (χ3v) is 4.38. The van der Waals surface area contributed by atoms with Gasteiger partial charge in [0.1, 0.15) is 0 Å². The van der Waals surface area contributed by atoms with Crippen LogP contribution in [0.4, 0.5) is 0 Å². The van der Waals surface area contributed by atoms with E-state index in [2.05, 4.69) is 29.0 Å². The van der Waals surface area contributed by atoms with Crippen LogP contribution in [0.1, 0.15) is 35.7 Å². The first-order valence-corrected chi connectivity index (χ1v) is 8.62. The molecule has 0 amide bonds. The van der Waals surface area contributed by atoms with Crippen LogP contribution in [-0.4, -0.2) is 26.7 Å². The van der Waals surface area contributed by atoms with Gasteiger partial charge in [-0.15, -0.1) is 10.2 Å². The molecule has 0 unspecified atom stereocenters. The van der Waals surface area contributed by atoms with Gasteiger partial charge in [0, 0.05) is 23.5 Å². The number of hydrogen-bond donors (Lipinski definition) is 0. The molecular weight excluding hydrogens is 322 g/mol. The highest BCUT2D eigenvalue weighted by Crippen LogP contribution is 2.23. The molecule has 1 aromatic carbocycles. The molecule has 0 spiro atoms. The standard InChI is InChI=1S/C18H17N3O2S/c1-12(2)13-3-5-14(6-4-13)16(22)11-24-18-21-20-17(23-18)15-7-9-19-10-8-15/h3-10,12H,11H2,1-2H3. The predicted octanol–water partition coefficient (Wildman–Crippen LogP) is 4.23. The van der Waals surface area contributed by atoms with Crippen molar-refractivity contribution in [3.8, 4) is 11.5 Å². The molecule has 0 radical (unpaired) electrons. The van der Waals surface area contributed by atoms with Gasteiger partial charge in [-0.05, 0) is 23.6 Å². The quantitative estimate of drug-likeness (QED) is 0.494. The summed E-state index contributed by atoms with van der Waals surface area (Å²) in [5.74, 6) is 1.18. The monoisotopic (exact) mass is 339 g/mol. The summed E-state index contributed by atoms with van der Waals surface area (Å²) in [5, 5.41) is 8.34. The highest BCUT2D eigenvalue weighted by Gasteiger charge is 2.12. The van der Waals surface area contributed by atoms with Gasteiger partial charge in [-0.2, -0.15) is 0 Å². The Labute approximate surface area is 144 Å². The normalized spacial score (nSPS) is 11.0. The first-order chi connectivity index (χ1) is 11.6. The van der Waals surface area contributed by atoms with Gasteiger partial charge in [-0.25, -0.2) is 0 Å². The van der Waals surface area contributed by atoms with Crippen LogP contribution in [0.25, 0.3) is 11.5 Å². The highest BCUT2D eigenvalue weighted by molar-refractivity contribution is 7.99. The Hall–Kier alpha value is -2.47. The molecule has 0 aliphatic carbocycles. The Morgan fingerprint density at radius 2 is 1.79 bits per heavy atom. The Kier molecular flexibility index (Phi) is 5.05. The largest absolute Gasteiger partial charge is 0.411 e. The molecule has 3 rings (SSSR count). The van der Waals surface area contributed by atoms with Crippen molar-refractivity contribution in [2.75, 3.05) is 5.75 Å². The van der Waals surface area contributed by atoms with Crippen LogP contribution in [0.5, 0.6) is 0 Å². The van der Waals surface area contributed by atoms with Crippen molar-refractivity contribution in [1.82, 2.24) is 15.2 Å². The topological polar surface area (TPSA) is 68.9 Å². The molecule has 6 heteroatoms. The Bertz CT molecular complexity index is 814. The second kappa shape index (κ2) is 7.40. The van der Waals surface area contributed by atoms with Crippen molar-refractivity contribution in [2.45, 2.75) is 25.0 Å². The van der Waals surface area contributed by atoms with Gasteiger partial charge in [0.2, 0.25) is 5.89 Å². The van der Waals surface area contributed by atoms with E-state index in [0.29, 0.717) is 22.6 Å². The number of pyridine rings is 1. The van der Waals surface area contributed by atoms with Crippen LogP contribution in [0.15, 0.2) is 58.4 Å². The fourth-order valence-electron chi connectivity index (χ4n) is 2.14. The maximum absolute atomic E-state index is 12.3. The van der Waals surface area contributed by atoms with Crippen molar-refractivity contribution in [3.05, 3.63) is 59.9 Å². The van der Waals surface area contributed by atoms with E-state index in [9.17, 15) is 4.79 Å². The third-order valence-electron chi connectivity index (χ3n) is 3.56. The summed E-state index contributed by atoms with van der Waals surface area (Å²) in [7, 11) is 0. The van der Waals surface area contributed by atoms with E-state index in [4.69, 9.17) is 4.42 Å². The number of carbonyl (C=O) groups excluding carboxylic acids is 1. The molecule has 5 nitrogen and oxygen atoms in total. The molecule has 24 heavy (non-hydrogen) atoms. The zero-order valence-corrected chi connectivity index (χ0v) is 14.3. The predicted molar refractivity (Wildman–Crippen MR) is 93.1 cm³/mol. The number of aromatic nitrogens is 3. The van der Waals surface area contributed by atoms with E-state index >= 15 is 0 Å². The number of hydrogen-bond acceptors (Lipinski definition) is 6. The first-order valence-electron chi connectivity index (χ1n) is 7.63. The van der Waals surface area contributed by atoms with E-state index in [1.54, 1.807) is 24.5 Å². The van der Waals surface area contributed by atoms with Gasteiger partial charge >= 0.3 is 0 Å². The van der Waals surface area contributed by atoms with E-state index < -0.39 is 0 Å². The molecule has 2 heterocycles. The summed E-state index contributed by atoms with van der Waals surface area (Å²) in [6.07, 6.45) is 3.33. The number of carbonyl (C=O) groups is 1. The van der Waals surface area contributed by atoms with Crippen molar-refractivity contribution >= 4 is 17.5 Å².